The number of aryl methyl sites for hydroxylation is 2. The highest BCUT2D eigenvalue weighted by Gasteiger charge is 2.21. The van der Waals surface area contributed by atoms with Crippen molar-refractivity contribution in [2.45, 2.75) is 26.3 Å². The van der Waals surface area contributed by atoms with Crippen LogP contribution >= 0.6 is 22.9 Å². The summed E-state index contributed by atoms with van der Waals surface area (Å²) >= 11 is 7.72. The van der Waals surface area contributed by atoms with Crippen LogP contribution in [0.1, 0.15) is 17.5 Å². The number of fused-ring (bicyclic) bond motifs is 1. The molecule has 33 heavy (non-hydrogen) atoms. The lowest BCUT2D eigenvalue weighted by atomic mass is 10.1. The summed E-state index contributed by atoms with van der Waals surface area (Å²) in [6.45, 7) is 3.28. The fourth-order valence-corrected chi connectivity index (χ4v) is 5.14. The smallest absolute Gasteiger partial charge is 0.233 e. The average Bonchev–Trinajstić information content (AvgIpc) is 3.46. The van der Waals surface area contributed by atoms with Crippen LogP contribution in [0.3, 0.4) is 0 Å². The van der Waals surface area contributed by atoms with E-state index in [-0.39, 0.29) is 12.3 Å². The number of aromatic nitrogens is 3. The number of nitrogens with zero attached hydrogens (tertiary/aromatic N) is 4. The summed E-state index contributed by atoms with van der Waals surface area (Å²) in [7, 11) is 3.17. The second kappa shape index (κ2) is 10.2. The second-order valence-electron chi connectivity index (χ2n) is 7.63. The van der Waals surface area contributed by atoms with Gasteiger partial charge in [-0.05, 0) is 48.7 Å². The van der Waals surface area contributed by atoms with E-state index >= 15 is 0 Å². The summed E-state index contributed by atoms with van der Waals surface area (Å²) in [6, 6.07) is 9.32. The van der Waals surface area contributed by atoms with E-state index in [0.29, 0.717) is 28.2 Å². The van der Waals surface area contributed by atoms with E-state index in [2.05, 4.69) is 4.98 Å². The summed E-state index contributed by atoms with van der Waals surface area (Å²) in [5.41, 5.74) is 2.71. The molecule has 0 aliphatic carbocycles. The van der Waals surface area contributed by atoms with Crippen LogP contribution in [0.5, 0.6) is 11.5 Å². The van der Waals surface area contributed by atoms with Crippen LogP contribution in [0, 0.1) is 6.92 Å². The van der Waals surface area contributed by atoms with Gasteiger partial charge in [-0.1, -0.05) is 29.0 Å². The van der Waals surface area contributed by atoms with Gasteiger partial charge in [0.15, 0.2) is 16.6 Å². The van der Waals surface area contributed by atoms with Gasteiger partial charge in [0.25, 0.3) is 0 Å². The summed E-state index contributed by atoms with van der Waals surface area (Å²) in [5, 5.41) is 1.34. The summed E-state index contributed by atoms with van der Waals surface area (Å²) in [6.07, 6.45) is 6.43. The molecule has 0 bridgehead atoms. The molecule has 0 N–H and O–H groups in total. The number of halogens is 1. The number of carbonyl (C=O) groups is 1. The molecule has 4 aromatic rings. The topological polar surface area (TPSA) is 69.5 Å². The van der Waals surface area contributed by atoms with Gasteiger partial charge in [-0.15, -0.1) is 0 Å². The quantitative estimate of drug-likeness (QED) is 0.329. The third-order valence-corrected chi connectivity index (χ3v) is 6.58. The molecule has 0 fully saturated rings. The number of ether oxygens (including phenoxy) is 2. The zero-order valence-electron chi connectivity index (χ0n) is 18.7. The molecule has 0 saturated carbocycles. The molecule has 0 unspecified atom stereocenters. The van der Waals surface area contributed by atoms with Crippen molar-refractivity contribution in [2.75, 3.05) is 25.7 Å². The van der Waals surface area contributed by atoms with Crippen LogP contribution in [0.25, 0.3) is 10.2 Å². The predicted octanol–water partition coefficient (Wildman–Crippen LogP) is 5.14. The lowest BCUT2D eigenvalue weighted by Crippen LogP contribution is -2.33. The van der Waals surface area contributed by atoms with Crippen LogP contribution in [0.2, 0.25) is 5.02 Å². The summed E-state index contributed by atoms with van der Waals surface area (Å²) < 4.78 is 13.7. The Morgan fingerprint density at radius 3 is 2.73 bits per heavy atom. The monoisotopic (exact) mass is 484 g/mol. The molecule has 4 rings (SSSR count). The van der Waals surface area contributed by atoms with Crippen molar-refractivity contribution in [1.82, 2.24) is 14.5 Å². The van der Waals surface area contributed by atoms with E-state index in [4.69, 9.17) is 26.1 Å². The van der Waals surface area contributed by atoms with Gasteiger partial charge in [-0.3, -0.25) is 9.69 Å². The standard InChI is InChI=1S/C24H25ClN4O3S/c1-16-11-18(25)14-21-23(16)27-24(33-21)29(9-4-8-28-10-7-26-15-28)22(30)13-17-5-6-19(31-2)20(12-17)32-3/h5-7,10-12,14-15H,4,8-9,13H2,1-3H3. The lowest BCUT2D eigenvalue weighted by molar-refractivity contribution is -0.118. The minimum Gasteiger partial charge on any atom is -0.493 e. The molecule has 9 heteroatoms. The van der Waals surface area contributed by atoms with E-state index in [0.717, 1.165) is 34.3 Å². The van der Waals surface area contributed by atoms with E-state index in [1.54, 1.807) is 31.6 Å². The number of thiazole rings is 1. The molecule has 0 aliphatic heterocycles. The molecule has 7 nitrogen and oxygen atoms in total. The summed E-state index contributed by atoms with van der Waals surface area (Å²) in [4.78, 5) is 24.1. The van der Waals surface area contributed by atoms with E-state index in [9.17, 15) is 4.79 Å². The Bertz CT molecular complexity index is 1260. The summed E-state index contributed by atoms with van der Waals surface area (Å²) in [5.74, 6) is 1.19. The van der Waals surface area contributed by atoms with Crippen LogP contribution in [-0.2, 0) is 17.8 Å². The highest BCUT2D eigenvalue weighted by Crippen LogP contribution is 2.34. The number of hydrogen-bond acceptors (Lipinski definition) is 6. The van der Waals surface area contributed by atoms with E-state index < -0.39 is 0 Å². The van der Waals surface area contributed by atoms with Gasteiger partial charge in [0.2, 0.25) is 5.91 Å². The molecule has 0 atom stereocenters. The van der Waals surface area contributed by atoms with Crippen molar-refractivity contribution in [3.05, 3.63) is 65.2 Å². The molecular formula is C24H25ClN4O3S. The Morgan fingerprint density at radius 2 is 2.00 bits per heavy atom. The Kier molecular flexibility index (Phi) is 7.15. The zero-order valence-corrected chi connectivity index (χ0v) is 20.3. The molecule has 0 spiro atoms. The van der Waals surface area contributed by atoms with Crippen molar-refractivity contribution in [3.8, 4) is 11.5 Å². The van der Waals surface area contributed by atoms with Gasteiger partial charge in [0.1, 0.15) is 0 Å². The molecule has 0 radical (unpaired) electrons. The third kappa shape index (κ3) is 5.29. The number of hydrogen-bond donors (Lipinski definition) is 0. The number of anilines is 1. The molecule has 2 heterocycles. The Balaban J connectivity index is 1.60. The molecule has 2 aromatic carbocycles. The average molecular weight is 485 g/mol. The molecule has 172 valence electrons. The molecule has 2 aromatic heterocycles. The minimum absolute atomic E-state index is 0.0318. The largest absolute Gasteiger partial charge is 0.493 e. The molecule has 0 saturated heterocycles. The van der Waals surface area contributed by atoms with Gasteiger partial charge in [0, 0.05) is 30.5 Å². The molecular weight excluding hydrogens is 460 g/mol. The van der Waals surface area contributed by atoms with Crippen LogP contribution < -0.4 is 14.4 Å². The normalized spacial score (nSPS) is 11.0. The first-order valence-electron chi connectivity index (χ1n) is 10.5. The molecule has 1 amide bonds. The van der Waals surface area contributed by atoms with Crippen molar-refractivity contribution in [1.29, 1.82) is 0 Å². The van der Waals surface area contributed by atoms with Gasteiger partial charge >= 0.3 is 0 Å². The first-order valence-corrected chi connectivity index (χ1v) is 11.7. The zero-order chi connectivity index (χ0) is 23.4. The van der Waals surface area contributed by atoms with Crippen LogP contribution in [-0.4, -0.2) is 41.2 Å². The third-order valence-electron chi connectivity index (χ3n) is 5.33. The van der Waals surface area contributed by atoms with Gasteiger partial charge in [-0.25, -0.2) is 9.97 Å². The number of amides is 1. The fourth-order valence-electron chi connectivity index (χ4n) is 3.68. The highest BCUT2D eigenvalue weighted by molar-refractivity contribution is 7.22. The van der Waals surface area contributed by atoms with Crippen molar-refractivity contribution in [2.24, 2.45) is 0 Å². The maximum Gasteiger partial charge on any atom is 0.233 e. The van der Waals surface area contributed by atoms with Crippen LogP contribution in [0.15, 0.2) is 49.1 Å². The highest BCUT2D eigenvalue weighted by atomic mass is 35.5. The van der Waals surface area contributed by atoms with Crippen LogP contribution in [0.4, 0.5) is 5.13 Å². The number of methoxy groups -OCH3 is 2. The molecule has 0 aliphatic rings. The van der Waals surface area contributed by atoms with Crippen molar-refractivity contribution in [3.63, 3.8) is 0 Å². The predicted molar refractivity (Wildman–Crippen MR) is 132 cm³/mol. The van der Waals surface area contributed by atoms with Gasteiger partial charge in [-0.2, -0.15) is 0 Å². The first kappa shape index (κ1) is 23.1. The SMILES string of the molecule is COc1ccc(CC(=O)N(CCCn2ccnc2)c2nc3c(C)cc(Cl)cc3s2)cc1OC. The van der Waals surface area contributed by atoms with Gasteiger partial charge < -0.3 is 14.0 Å². The first-order chi connectivity index (χ1) is 16.0. The number of benzene rings is 2. The minimum atomic E-state index is -0.0318. The number of imidazole rings is 1. The van der Waals surface area contributed by atoms with Gasteiger partial charge in [0.05, 0.1) is 37.2 Å². The Labute approximate surface area is 201 Å². The fraction of sp³-hybridized carbons (Fsp3) is 0.292. The second-order valence-corrected chi connectivity index (χ2v) is 9.08. The van der Waals surface area contributed by atoms with E-state index in [1.165, 1.54) is 11.3 Å². The van der Waals surface area contributed by atoms with Crippen molar-refractivity contribution >= 4 is 44.2 Å². The Morgan fingerprint density at radius 1 is 1.18 bits per heavy atom. The lowest BCUT2D eigenvalue weighted by Gasteiger charge is -2.20. The van der Waals surface area contributed by atoms with E-state index in [1.807, 2.05) is 48.0 Å². The maximum absolute atomic E-state index is 13.5. The Hall–Kier alpha value is -3.10. The van der Waals surface area contributed by atoms with Crippen molar-refractivity contribution < 1.29 is 14.3 Å². The maximum atomic E-state index is 13.5. The number of carbonyl (C=O) groups excluding carboxylic acids is 1. The number of rotatable bonds is 9.